The van der Waals surface area contributed by atoms with Gasteiger partial charge in [-0.05, 0) is 49.1 Å². The SMILES string of the molecule is COc1cc2c(cc1OCCF)CCN1C[C@@H](CC(C)C)N(C)C[C@@H]21. The first-order valence-electron chi connectivity index (χ1n) is 9.37. The standard InChI is InChI=1S/C20H31FN2O2/c1-14(2)9-16-12-23-7-5-15-10-20(25-8-6-21)19(24-4)11-17(15)18(23)13-22(16)3/h10-11,14,16,18H,5-9,12-13H2,1-4H3/t16-,18+/m1/s1. The molecular formula is C20H31FN2O2. The highest BCUT2D eigenvalue weighted by Crippen LogP contribution is 2.40. The molecule has 2 aliphatic heterocycles. The minimum atomic E-state index is -0.487. The summed E-state index contributed by atoms with van der Waals surface area (Å²) < 4.78 is 23.5. The Morgan fingerprint density at radius 1 is 1.24 bits per heavy atom. The maximum atomic E-state index is 12.5. The number of benzene rings is 1. The molecule has 25 heavy (non-hydrogen) atoms. The first-order chi connectivity index (χ1) is 12.0. The number of methoxy groups -OCH3 is 1. The fourth-order valence-corrected chi connectivity index (χ4v) is 4.24. The Bertz CT molecular complexity index is 593. The van der Waals surface area contributed by atoms with Gasteiger partial charge in [-0.1, -0.05) is 13.8 Å². The molecule has 1 aromatic carbocycles. The fraction of sp³-hybridized carbons (Fsp3) is 0.700. The molecule has 0 radical (unpaired) electrons. The maximum Gasteiger partial charge on any atom is 0.161 e. The molecule has 0 aromatic heterocycles. The zero-order valence-corrected chi connectivity index (χ0v) is 15.9. The lowest BCUT2D eigenvalue weighted by Gasteiger charge is -2.48. The van der Waals surface area contributed by atoms with Crippen molar-refractivity contribution >= 4 is 0 Å². The van der Waals surface area contributed by atoms with Crippen LogP contribution in [-0.2, 0) is 6.42 Å². The van der Waals surface area contributed by atoms with E-state index in [0.717, 1.165) is 32.0 Å². The molecule has 140 valence electrons. The summed E-state index contributed by atoms with van der Waals surface area (Å²) in [6, 6.07) is 5.20. The number of piperazine rings is 1. The van der Waals surface area contributed by atoms with Crippen molar-refractivity contribution in [3.8, 4) is 11.5 Å². The highest BCUT2D eigenvalue weighted by Gasteiger charge is 2.36. The molecule has 5 heteroatoms. The first kappa shape index (κ1) is 18.5. The molecule has 0 saturated carbocycles. The van der Waals surface area contributed by atoms with Gasteiger partial charge in [-0.3, -0.25) is 4.90 Å². The van der Waals surface area contributed by atoms with Gasteiger partial charge in [0.05, 0.1) is 7.11 Å². The number of nitrogens with zero attached hydrogens (tertiary/aromatic N) is 2. The zero-order valence-electron chi connectivity index (χ0n) is 15.9. The summed E-state index contributed by atoms with van der Waals surface area (Å²) in [6.07, 6.45) is 2.26. The Labute approximate surface area is 150 Å². The van der Waals surface area contributed by atoms with Crippen molar-refractivity contribution in [2.45, 2.75) is 38.8 Å². The van der Waals surface area contributed by atoms with Crippen LogP contribution in [0.15, 0.2) is 12.1 Å². The van der Waals surface area contributed by atoms with Crippen molar-refractivity contribution in [3.63, 3.8) is 0 Å². The quantitative estimate of drug-likeness (QED) is 0.786. The molecule has 0 amide bonds. The van der Waals surface area contributed by atoms with Gasteiger partial charge in [0.25, 0.3) is 0 Å². The monoisotopic (exact) mass is 350 g/mol. The lowest BCUT2D eigenvalue weighted by molar-refractivity contribution is 0.0294. The lowest BCUT2D eigenvalue weighted by atomic mass is 9.88. The van der Waals surface area contributed by atoms with Crippen LogP contribution in [0.4, 0.5) is 4.39 Å². The van der Waals surface area contributed by atoms with E-state index in [1.54, 1.807) is 7.11 Å². The first-order valence-corrected chi connectivity index (χ1v) is 9.37. The van der Waals surface area contributed by atoms with Gasteiger partial charge in [0, 0.05) is 31.7 Å². The van der Waals surface area contributed by atoms with Gasteiger partial charge >= 0.3 is 0 Å². The summed E-state index contributed by atoms with van der Waals surface area (Å²) in [4.78, 5) is 5.13. The van der Waals surface area contributed by atoms with E-state index in [-0.39, 0.29) is 6.61 Å². The third kappa shape index (κ3) is 3.93. The summed E-state index contributed by atoms with van der Waals surface area (Å²) >= 11 is 0. The van der Waals surface area contributed by atoms with E-state index in [4.69, 9.17) is 9.47 Å². The van der Waals surface area contributed by atoms with Crippen LogP contribution in [0, 0.1) is 5.92 Å². The number of likely N-dealkylation sites (N-methyl/N-ethyl adjacent to an activating group) is 1. The van der Waals surface area contributed by atoms with E-state index in [2.05, 4.69) is 42.8 Å². The van der Waals surface area contributed by atoms with Crippen LogP contribution in [0.1, 0.15) is 37.4 Å². The van der Waals surface area contributed by atoms with Gasteiger partial charge in [-0.15, -0.1) is 0 Å². The van der Waals surface area contributed by atoms with Crippen LogP contribution in [0.3, 0.4) is 0 Å². The predicted octanol–water partition coefficient (Wildman–Crippen LogP) is 3.30. The van der Waals surface area contributed by atoms with Crippen LogP contribution >= 0.6 is 0 Å². The third-order valence-electron chi connectivity index (χ3n) is 5.50. The molecule has 2 aliphatic rings. The van der Waals surface area contributed by atoms with E-state index < -0.39 is 6.67 Å². The van der Waals surface area contributed by atoms with Gasteiger partial charge in [-0.2, -0.15) is 0 Å². The topological polar surface area (TPSA) is 24.9 Å². The summed E-state index contributed by atoms with van der Waals surface area (Å²) in [5.74, 6) is 2.09. The second-order valence-corrected chi connectivity index (χ2v) is 7.72. The molecular weight excluding hydrogens is 319 g/mol. The van der Waals surface area contributed by atoms with E-state index in [0.29, 0.717) is 23.6 Å². The number of hydrogen-bond acceptors (Lipinski definition) is 4. The highest BCUT2D eigenvalue weighted by molar-refractivity contribution is 5.49. The average molecular weight is 350 g/mol. The van der Waals surface area contributed by atoms with Crippen LogP contribution in [0.25, 0.3) is 0 Å². The Hall–Kier alpha value is -1.33. The number of halogens is 1. The van der Waals surface area contributed by atoms with Gasteiger partial charge < -0.3 is 14.4 Å². The van der Waals surface area contributed by atoms with Crippen LogP contribution in [-0.4, -0.2) is 62.9 Å². The largest absolute Gasteiger partial charge is 0.493 e. The molecule has 2 atom stereocenters. The van der Waals surface area contributed by atoms with Gasteiger partial charge in [0.15, 0.2) is 11.5 Å². The van der Waals surface area contributed by atoms with Crippen LogP contribution in [0.5, 0.6) is 11.5 Å². The van der Waals surface area contributed by atoms with Gasteiger partial charge in [0.2, 0.25) is 0 Å². The molecule has 4 nitrogen and oxygen atoms in total. The molecule has 1 saturated heterocycles. The normalized spacial score (nSPS) is 24.1. The van der Waals surface area contributed by atoms with Gasteiger partial charge in [0.1, 0.15) is 13.3 Å². The van der Waals surface area contributed by atoms with Crippen molar-refractivity contribution in [2.24, 2.45) is 5.92 Å². The van der Waals surface area contributed by atoms with Crippen molar-refractivity contribution in [2.75, 3.05) is 47.1 Å². The highest BCUT2D eigenvalue weighted by atomic mass is 19.1. The minimum Gasteiger partial charge on any atom is -0.493 e. The summed E-state index contributed by atoms with van der Waals surface area (Å²) in [7, 11) is 3.89. The minimum absolute atomic E-state index is 0.0737. The Balaban J connectivity index is 1.84. The third-order valence-corrected chi connectivity index (χ3v) is 5.50. The average Bonchev–Trinajstić information content (AvgIpc) is 2.59. The van der Waals surface area contributed by atoms with Crippen molar-refractivity contribution in [1.82, 2.24) is 9.80 Å². The van der Waals surface area contributed by atoms with Crippen LogP contribution in [0.2, 0.25) is 0 Å². The molecule has 1 aromatic rings. The Kier molecular flexibility index (Phi) is 5.85. The number of rotatable bonds is 6. The van der Waals surface area contributed by atoms with Crippen molar-refractivity contribution in [1.29, 1.82) is 0 Å². The number of hydrogen-bond donors (Lipinski definition) is 0. The summed E-state index contributed by atoms with van der Waals surface area (Å²) in [6.45, 7) is 7.43. The van der Waals surface area contributed by atoms with Crippen LogP contribution < -0.4 is 9.47 Å². The Morgan fingerprint density at radius 2 is 2.04 bits per heavy atom. The van der Waals surface area contributed by atoms with E-state index in [1.165, 1.54) is 17.5 Å². The Morgan fingerprint density at radius 3 is 2.72 bits per heavy atom. The van der Waals surface area contributed by atoms with Crippen molar-refractivity contribution < 1.29 is 13.9 Å². The summed E-state index contributed by atoms with van der Waals surface area (Å²) in [5.41, 5.74) is 2.65. The number of ether oxygens (including phenoxy) is 2. The molecule has 3 rings (SSSR count). The molecule has 0 N–H and O–H groups in total. The zero-order chi connectivity index (χ0) is 18.0. The molecule has 0 aliphatic carbocycles. The smallest absolute Gasteiger partial charge is 0.161 e. The number of alkyl halides is 1. The molecule has 0 spiro atoms. The fourth-order valence-electron chi connectivity index (χ4n) is 4.24. The summed E-state index contributed by atoms with van der Waals surface area (Å²) in [5, 5.41) is 0. The second kappa shape index (κ2) is 7.92. The molecule has 0 unspecified atom stereocenters. The number of fused-ring (bicyclic) bond motifs is 3. The molecule has 1 fully saturated rings. The molecule has 2 heterocycles. The van der Waals surface area contributed by atoms with Crippen molar-refractivity contribution in [3.05, 3.63) is 23.3 Å². The van der Waals surface area contributed by atoms with Gasteiger partial charge in [-0.25, -0.2) is 4.39 Å². The second-order valence-electron chi connectivity index (χ2n) is 7.72. The maximum absolute atomic E-state index is 12.5. The van der Waals surface area contributed by atoms with E-state index >= 15 is 0 Å². The van der Waals surface area contributed by atoms with E-state index in [9.17, 15) is 4.39 Å². The molecule has 0 bridgehead atoms. The predicted molar refractivity (Wildman–Crippen MR) is 98.4 cm³/mol. The lowest BCUT2D eigenvalue weighted by Crippen LogP contribution is -2.55. The van der Waals surface area contributed by atoms with E-state index in [1.807, 2.05) is 0 Å².